The predicted octanol–water partition coefficient (Wildman–Crippen LogP) is 2.56. The Bertz CT molecular complexity index is 219. The molecule has 3 heteroatoms. The summed E-state index contributed by atoms with van der Waals surface area (Å²) >= 11 is 0. The Labute approximate surface area is 84.8 Å². The molecular formula is C11H18O3. The third-order valence-electron chi connectivity index (χ3n) is 2.02. The molecule has 0 atom stereocenters. The maximum atomic E-state index is 11.1. The number of rotatable bonds is 8. The Hall–Kier alpha value is -1.12. The first-order valence-electron chi connectivity index (χ1n) is 4.94. The zero-order chi connectivity index (χ0) is 11.0. The van der Waals surface area contributed by atoms with E-state index in [1.54, 1.807) is 6.92 Å². The molecule has 0 aliphatic heterocycles. The van der Waals surface area contributed by atoms with Crippen molar-refractivity contribution in [3.05, 3.63) is 12.2 Å². The normalized spacial score (nSPS) is 9.79. The minimum Gasteiger partial charge on any atom is -0.481 e. The van der Waals surface area contributed by atoms with Gasteiger partial charge in [0.25, 0.3) is 0 Å². The summed E-state index contributed by atoms with van der Waals surface area (Å²) in [5.41, 5.74) is 0.607. The van der Waals surface area contributed by atoms with Gasteiger partial charge in [0.15, 0.2) is 5.78 Å². The van der Waals surface area contributed by atoms with Crippen LogP contribution in [0.15, 0.2) is 12.2 Å². The zero-order valence-corrected chi connectivity index (χ0v) is 8.71. The summed E-state index contributed by atoms with van der Waals surface area (Å²) < 4.78 is 0. The fourth-order valence-corrected chi connectivity index (χ4v) is 1.13. The predicted molar refractivity (Wildman–Crippen MR) is 55.2 cm³/mol. The fourth-order valence-electron chi connectivity index (χ4n) is 1.13. The molecule has 0 aromatic carbocycles. The standard InChI is InChI=1S/C11H18O3/c1-9(2)10(12)7-5-3-4-6-8-11(13)14/h1,3-8H2,2H3,(H,13,14). The summed E-state index contributed by atoms with van der Waals surface area (Å²) in [5, 5.41) is 8.37. The van der Waals surface area contributed by atoms with E-state index in [0.717, 1.165) is 19.3 Å². The van der Waals surface area contributed by atoms with Crippen molar-refractivity contribution >= 4 is 11.8 Å². The summed E-state index contributed by atoms with van der Waals surface area (Å²) in [7, 11) is 0. The highest BCUT2D eigenvalue weighted by Crippen LogP contribution is 2.07. The van der Waals surface area contributed by atoms with Gasteiger partial charge in [-0.15, -0.1) is 0 Å². The van der Waals surface area contributed by atoms with Gasteiger partial charge >= 0.3 is 5.97 Å². The van der Waals surface area contributed by atoms with Crippen molar-refractivity contribution in [1.82, 2.24) is 0 Å². The Balaban J connectivity index is 3.26. The fraction of sp³-hybridized carbons (Fsp3) is 0.636. The van der Waals surface area contributed by atoms with Crippen LogP contribution in [-0.4, -0.2) is 16.9 Å². The van der Waals surface area contributed by atoms with Crippen LogP contribution in [0.1, 0.15) is 45.4 Å². The topological polar surface area (TPSA) is 54.4 Å². The van der Waals surface area contributed by atoms with E-state index in [-0.39, 0.29) is 12.2 Å². The first-order chi connectivity index (χ1) is 6.54. The van der Waals surface area contributed by atoms with E-state index < -0.39 is 5.97 Å². The summed E-state index contributed by atoms with van der Waals surface area (Å²) in [4.78, 5) is 21.3. The van der Waals surface area contributed by atoms with E-state index in [0.29, 0.717) is 18.4 Å². The molecule has 0 unspecified atom stereocenters. The van der Waals surface area contributed by atoms with Crippen LogP contribution in [0.2, 0.25) is 0 Å². The molecule has 0 aromatic heterocycles. The second kappa shape index (κ2) is 7.30. The molecule has 0 aromatic rings. The second-order valence-electron chi connectivity index (χ2n) is 3.51. The van der Waals surface area contributed by atoms with E-state index in [2.05, 4.69) is 6.58 Å². The molecule has 0 heterocycles. The highest BCUT2D eigenvalue weighted by molar-refractivity contribution is 5.93. The third kappa shape index (κ3) is 7.53. The Kier molecular flexibility index (Phi) is 6.72. The molecule has 0 amide bonds. The lowest BCUT2D eigenvalue weighted by Crippen LogP contribution is -1.98. The van der Waals surface area contributed by atoms with Gasteiger partial charge in [-0.1, -0.05) is 19.4 Å². The van der Waals surface area contributed by atoms with Gasteiger partial charge in [0, 0.05) is 12.8 Å². The molecule has 0 rings (SSSR count). The van der Waals surface area contributed by atoms with Gasteiger partial charge < -0.3 is 5.11 Å². The molecule has 3 nitrogen and oxygen atoms in total. The van der Waals surface area contributed by atoms with Crippen molar-refractivity contribution in [1.29, 1.82) is 0 Å². The number of carbonyl (C=O) groups is 2. The van der Waals surface area contributed by atoms with Crippen molar-refractivity contribution < 1.29 is 14.7 Å². The van der Waals surface area contributed by atoms with Gasteiger partial charge in [-0.2, -0.15) is 0 Å². The largest absolute Gasteiger partial charge is 0.481 e. The monoisotopic (exact) mass is 198 g/mol. The lowest BCUT2D eigenvalue weighted by molar-refractivity contribution is -0.137. The second-order valence-corrected chi connectivity index (χ2v) is 3.51. The van der Waals surface area contributed by atoms with Gasteiger partial charge in [-0.05, 0) is 25.3 Å². The van der Waals surface area contributed by atoms with Gasteiger partial charge in [0.1, 0.15) is 0 Å². The molecule has 0 aliphatic rings. The number of carboxylic acids is 1. The van der Waals surface area contributed by atoms with E-state index in [9.17, 15) is 9.59 Å². The first kappa shape index (κ1) is 12.9. The first-order valence-corrected chi connectivity index (χ1v) is 4.94. The van der Waals surface area contributed by atoms with E-state index in [1.165, 1.54) is 0 Å². The quantitative estimate of drug-likeness (QED) is 0.481. The maximum absolute atomic E-state index is 11.1. The average molecular weight is 198 g/mol. The number of ketones is 1. The van der Waals surface area contributed by atoms with E-state index in [4.69, 9.17) is 5.11 Å². The molecule has 1 N–H and O–H groups in total. The van der Waals surface area contributed by atoms with Gasteiger partial charge in [0.05, 0.1) is 0 Å². The van der Waals surface area contributed by atoms with Gasteiger partial charge in [-0.25, -0.2) is 0 Å². The van der Waals surface area contributed by atoms with Crippen molar-refractivity contribution in [2.75, 3.05) is 0 Å². The van der Waals surface area contributed by atoms with Gasteiger partial charge in [0.2, 0.25) is 0 Å². The van der Waals surface area contributed by atoms with Crippen LogP contribution in [0.3, 0.4) is 0 Å². The number of Topliss-reactive ketones (excluding diaryl/α,β-unsaturated/α-hetero) is 1. The molecule has 0 radical (unpaired) electrons. The van der Waals surface area contributed by atoms with Crippen molar-refractivity contribution in [3.63, 3.8) is 0 Å². The summed E-state index contributed by atoms with van der Waals surface area (Å²) in [5.74, 6) is -0.633. The van der Waals surface area contributed by atoms with Crippen LogP contribution < -0.4 is 0 Å². The molecule has 0 aliphatic carbocycles. The molecule has 0 spiro atoms. The molecule has 14 heavy (non-hydrogen) atoms. The number of carboxylic acid groups (broad SMARTS) is 1. The van der Waals surface area contributed by atoms with E-state index in [1.807, 2.05) is 0 Å². The maximum Gasteiger partial charge on any atom is 0.303 e. The lowest BCUT2D eigenvalue weighted by Gasteiger charge is -1.99. The molecule has 0 fully saturated rings. The van der Waals surface area contributed by atoms with Crippen LogP contribution in [0.25, 0.3) is 0 Å². The summed E-state index contributed by atoms with van der Waals surface area (Å²) in [6.45, 7) is 5.28. The highest BCUT2D eigenvalue weighted by atomic mass is 16.4. The number of unbranched alkanes of at least 4 members (excludes halogenated alkanes) is 3. The lowest BCUT2D eigenvalue weighted by atomic mass is 10.1. The van der Waals surface area contributed by atoms with Crippen LogP contribution in [-0.2, 0) is 9.59 Å². The minimum atomic E-state index is -0.747. The molecule has 0 saturated carbocycles. The third-order valence-corrected chi connectivity index (χ3v) is 2.02. The minimum absolute atomic E-state index is 0.114. The smallest absolute Gasteiger partial charge is 0.303 e. The van der Waals surface area contributed by atoms with Crippen molar-refractivity contribution in [2.24, 2.45) is 0 Å². The number of carbonyl (C=O) groups excluding carboxylic acids is 1. The van der Waals surface area contributed by atoms with Crippen molar-refractivity contribution in [3.8, 4) is 0 Å². The molecular weight excluding hydrogens is 180 g/mol. The van der Waals surface area contributed by atoms with Crippen molar-refractivity contribution in [2.45, 2.75) is 45.4 Å². The number of hydrogen-bond donors (Lipinski definition) is 1. The summed E-state index contributed by atoms with van der Waals surface area (Å²) in [6, 6.07) is 0. The SMILES string of the molecule is C=C(C)C(=O)CCCCCCC(=O)O. The van der Waals surface area contributed by atoms with Crippen LogP contribution >= 0.6 is 0 Å². The average Bonchev–Trinajstić information content (AvgIpc) is 2.09. The highest BCUT2D eigenvalue weighted by Gasteiger charge is 2.01. The zero-order valence-electron chi connectivity index (χ0n) is 8.71. The number of hydrogen-bond acceptors (Lipinski definition) is 2. The van der Waals surface area contributed by atoms with Crippen LogP contribution in [0, 0.1) is 0 Å². The van der Waals surface area contributed by atoms with Gasteiger partial charge in [-0.3, -0.25) is 9.59 Å². The van der Waals surface area contributed by atoms with Crippen LogP contribution in [0.5, 0.6) is 0 Å². The Morgan fingerprint density at radius 3 is 2.00 bits per heavy atom. The molecule has 80 valence electrons. The Morgan fingerprint density at radius 2 is 1.57 bits per heavy atom. The summed E-state index contributed by atoms with van der Waals surface area (Å²) in [6.07, 6.45) is 4.13. The molecule has 0 bridgehead atoms. The molecule has 0 saturated heterocycles. The Morgan fingerprint density at radius 1 is 1.07 bits per heavy atom. The van der Waals surface area contributed by atoms with E-state index >= 15 is 0 Å². The number of allylic oxidation sites excluding steroid dienone is 1. The van der Waals surface area contributed by atoms with Crippen LogP contribution in [0.4, 0.5) is 0 Å². The number of aliphatic carboxylic acids is 1.